The molecule has 0 aliphatic carbocycles. The first-order chi connectivity index (χ1) is 43.6. The number of hydrogen-bond acceptors (Lipinski definition) is 6. The molecule has 2 atom stereocenters. The maximum Gasteiger partial charge on any atom is 0.714 e. The highest BCUT2D eigenvalue weighted by molar-refractivity contribution is 7.77. The average molecular weight is 1260 g/mol. The Hall–Kier alpha value is -7.03. The maximum absolute atomic E-state index is 6.98. The number of hydrogen-bond donors (Lipinski definition) is 0. The molecule has 2 aliphatic rings. The maximum atomic E-state index is 6.98. The Morgan fingerprint density at radius 2 is 0.456 bits per heavy atom. The summed E-state index contributed by atoms with van der Waals surface area (Å²) in [5, 5.41) is 10.1. The van der Waals surface area contributed by atoms with Crippen molar-refractivity contribution in [3.8, 4) is 0 Å². The van der Waals surface area contributed by atoms with Crippen molar-refractivity contribution in [2.24, 2.45) is 0 Å². The van der Waals surface area contributed by atoms with Crippen molar-refractivity contribution in [2.75, 3.05) is 0 Å². The minimum absolute atomic E-state index is 0.0147. The Morgan fingerprint density at radius 1 is 0.278 bits per heavy atom. The van der Waals surface area contributed by atoms with Gasteiger partial charge in [0.15, 0.2) is 0 Å². The second-order valence-corrected chi connectivity index (χ2v) is 33.1. The lowest BCUT2D eigenvalue weighted by atomic mass is 9.90. The molecular weight excluding hydrogens is 1180 g/mol. The summed E-state index contributed by atoms with van der Waals surface area (Å²) >= 11 is 0. The van der Waals surface area contributed by atoms with Gasteiger partial charge in [-0.05, 0) is 137 Å². The zero-order valence-corrected chi connectivity index (χ0v) is 56.1. The fraction of sp³-hybridized carbons (Fsp3) is 0.179. The molecule has 2 saturated heterocycles. The standard InChI is InChI=1S/2C39H39BO3P2/c2*1-38(2)39(3,4)43-40(42-38)41-37(45(34-26-16-8-17-27-34)35-28-18-9-19-29-35)30-36(31-20-10-5-11-21-31)44(32-22-12-6-13-23-32)33-24-14-7-15-25-33/h2*5-30,36H,1-4H3/b2*37-30+/t2*36-/m10/s1. The van der Waals surface area contributed by atoms with Crippen molar-refractivity contribution in [2.45, 2.75) is 89.1 Å². The van der Waals surface area contributed by atoms with Crippen molar-refractivity contribution in [1.82, 2.24) is 0 Å². The quantitative estimate of drug-likeness (QED) is 0.0431. The van der Waals surface area contributed by atoms with E-state index in [1.807, 2.05) is 0 Å². The molecule has 0 bridgehead atoms. The minimum atomic E-state index is -1.09. The van der Waals surface area contributed by atoms with E-state index in [1.165, 1.54) is 53.6 Å². The molecule has 0 spiro atoms. The van der Waals surface area contributed by atoms with E-state index < -0.39 is 68.7 Å². The highest BCUT2D eigenvalue weighted by atomic mass is 31.1. The molecule has 0 aromatic heterocycles. The van der Waals surface area contributed by atoms with Gasteiger partial charge in [-0.15, -0.1) is 0 Å². The van der Waals surface area contributed by atoms with E-state index in [-0.39, 0.29) is 11.3 Å². The molecular formula is C78H78B2O6P4. The summed E-state index contributed by atoms with van der Waals surface area (Å²) in [6.45, 7) is 16.5. The summed E-state index contributed by atoms with van der Waals surface area (Å²) in [4.78, 5) is 0. The highest BCUT2D eigenvalue weighted by Crippen LogP contribution is 2.57. The van der Waals surface area contributed by atoms with Crippen molar-refractivity contribution in [3.63, 3.8) is 0 Å². The SMILES string of the molecule is CC1(C)OB(O/C(=C\[C@@H](c2ccccc2)P(c2ccccc2)c2ccccc2)P(c2ccccc2)c2ccccc2)OC1(C)C.CC1(C)OB(O/C(=C\[C@H](c2ccccc2)P(c2ccccc2)c2ccccc2)P(c2ccccc2)c2ccccc2)OC1(C)C. The van der Waals surface area contributed by atoms with Gasteiger partial charge < -0.3 is 27.9 Å². The third-order valence-corrected chi connectivity index (χ3v) is 27.0. The molecule has 452 valence electrons. The Bertz CT molecular complexity index is 3430. The molecule has 0 N–H and O–H groups in total. The van der Waals surface area contributed by atoms with Crippen LogP contribution in [0.4, 0.5) is 0 Å². The van der Waals surface area contributed by atoms with Crippen molar-refractivity contribution in [1.29, 1.82) is 0 Å². The predicted molar refractivity (Wildman–Crippen MR) is 385 cm³/mol. The van der Waals surface area contributed by atoms with Gasteiger partial charge in [0, 0.05) is 27.2 Å². The first-order valence-corrected chi connectivity index (χ1v) is 36.3. The van der Waals surface area contributed by atoms with Gasteiger partial charge in [-0.3, -0.25) is 0 Å². The van der Waals surface area contributed by atoms with E-state index in [1.54, 1.807) is 0 Å². The van der Waals surface area contributed by atoms with Crippen LogP contribution in [0, 0.1) is 0 Å². The average Bonchev–Trinajstić information content (AvgIpc) is 1.63. The fourth-order valence-electron chi connectivity index (χ4n) is 10.8. The van der Waals surface area contributed by atoms with Gasteiger partial charge in [-0.2, -0.15) is 0 Å². The van der Waals surface area contributed by atoms with Crippen LogP contribution in [0.5, 0.6) is 0 Å². The zero-order chi connectivity index (χ0) is 62.6. The summed E-state index contributed by atoms with van der Waals surface area (Å²) in [6, 6.07) is 108. The number of benzene rings is 10. The van der Waals surface area contributed by atoms with Crippen LogP contribution < -0.4 is 42.4 Å². The minimum Gasteiger partial charge on any atom is -0.511 e. The smallest absolute Gasteiger partial charge is 0.511 e. The highest BCUT2D eigenvalue weighted by Gasteiger charge is 2.56. The predicted octanol–water partition coefficient (Wildman–Crippen LogP) is 16.9. The Morgan fingerprint density at radius 3 is 0.656 bits per heavy atom. The Balaban J connectivity index is 0.000000185. The van der Waals surface area contributed by atoms with Crippen LogP contribution in [0.25, 0.3) is 0 Å². The van der Waals surface area contributed by atoms with Gasteiger partial charge in [0.2, 0.25) is 0 Å². The summed E-state index contributed by atoms with van der Waals surface area (Å²) in [5.41, 5.74) is 2.15. The van der Waals surface area contributed by atoms with E-state index in [2.05, 4.69) is 371 Å². The number of allylic oxidation sites excluding steroid dienone is 2. The Kier molecular flexibility index (Phi) is 21.1. The largest absolute Gasteiger partial charge is 0.714 e. The molecule has 2 aliphatic heterocycles. The first-order valence-electron chi connectivity index (χ1n) is 30.8. The molecule has 0 radical (unpaired) electrons. The van der Waals surface area contributed by atoms with E-state index in [4.69, 9.17) is 27.9 Å². The van der Waals surface area contributed by atoms with E-state index in [0.717, 1.165) is 11.0 Å². The lowest BCUT2D eigenvalue weighted by molar-refractivity contribution is 0.00578. The second-order valence-electron chi connectivity index (χ2n) is 24.1. The van der Waals surface area contributed by atoms with Gasteiger partial charge in [0.1, 0.15) is 11.0 Å². The molecule has 2 heterocycles. The van der Waals surface area contributed by atoms with E-state index >= 15 is 0 Å². The van der Waals surface area contributed by atoms with Gasteiger partial charge in [-0.1, -0.05) is 303 Å². The summed E-state index contributed by atoms with van der Waals surface area (Å²) in [6.07, 6.45) is 4.75. The van der Waals surface area contributed by atoms with Crippen LogP contribution in [-0.4, -0.2) is 37.0 Å². The third-order valence-electron chi connectivity index (χ3n) is 17.0. The normalized spacial score (nSPS) is 16.6. The van der Waals surface area contributed by atoms with E-state index in [0.29, 0.717) is 0 Å². The van der Waals surface area contributed by atoms with Crippen molar-refractivity contribution < 1.29 is 27.9 Å². The van der Waals surface area contributed by atoms with Crippen LogP contribution in [0.15, 0.2) is 326 Å². The summed E-state index contributed by atoms with van der Waals surface area (Å²) in [7, 11) is -5.59. The lowest BCUT2D eigenvalue weighted by Gasteiger charge is -2.31. The fourth-order valence-corrected chi connectivity index (χ4v) is 20.9. The zero-order valence-electron chi connectivity index (χ0n) is 52.6. The molecule has 0 saturated carbocycles. The van der Waals surface area contributed by atoms with Crippen LogP contribution in [0.3, 0.4) is 0 Å². The Labute approximate surface area is 540 Å². The van der Waals surface area contributed by atoms with Gasteiger partial charge in [-0.25, -0.2) is 0 Å². The van der Waals surface area contributed by atoms with Crippen LogP contribution in [0.1, 0.15) is 77.8 Å². The van der Waals surface area contributed by atoms with E-state index in [9.17, 15) is 0 Å². The van der Waals surface area contributed by atoms with Crippen LogP contribution >= 0.6 is 31.7 Å². The third kappa shape index (κ3) is 15.5. The molecule has 0 amide bonds. The lowest BCUT2D eigenvalue weighted by Crippen LogP contribution is -2.41. The topological polar surface area (TPSA) is 55.4 Å². The first kappa shape index (κ1) is 64.5. The second kappa shape index (κ2) is 29.5. The molecule has 12 rings (SSSR count). The van der Waals surface area contributed by atoms with Crippen LogP contribution in [-0.2, 0) is 27.9 Å². The molecule has 10 aromatic carbocycles. The van der Waals surface area contributed by atoms with Gasteiger partial charge >= 0.3 is 14.6 Å². The summed E-state index contributed by atoms with van der Waals surface area (Å²) < 4.78 is 39.8. The molecule has 90 heavy (non-hydrogen) atoms. The van der Waals surface area contributed by atoms with Crippen molar-refractivity contribution in [3.05, 3.63) is 338 Å². The number of rotatable bonds is 20. The molecule has 0 unspecified atom stereocenters. The monoisotopic (exact) mass is 1260 g/mol. The molecule has 10 aromatic rings. The molecule has 2 fully saturated rings. The molecule has 6 nitrogen and oxygen atoms in total. The van der Waals surface area contributed by atoms with Crippen LogP contribution in [0.2, 0.25) is 0 Å². The van der Waals surface area contributed by atoms with Crippen molar-refractivity contribution >= 4 is 88.8 Å². The molecule has 12 heteroatoms. The summed E-state index contributed by atoms with van der Waals surface area (Å²) in [5.74, 6) is 0. The van der Waals surface area contributed by atoms with Gasteiger partial charge in [0.25, 0.3) is 0 Å². The van der Waals surface area contributed by atoms with Gasteiger partial charge in [0.05, 0.1) is 22.4 Å².